The van der Waals surface area contributed by atoms with Crippen molar-refractivity contribution < 1.29 is 4.79 Å². The molecule has 1 aromatic carbocycles. The quantitative estimate of drug-likeness (QED) is 0.659. The molecule has 0 unspecified atom stereocenters. The molecule has 1 heterocycles. The standard InChI is InChI=1S/C18H26N4O/c1-19-18(21-16-8-4-5-9-16)20-12-17(23)22-11-10-14-6-2-3-7-15(14)13-22/h2-3,6-7,16H,4-5,8-13H2,1H3,(H2,19,20,21). The number of carbonyl (C=O) groups is 1. The highest BCUT2D eigenvalue weighted by molar-refractivity contribution is 5.86. The van der Waals surface area contributed by atoms with Gasteiger partial charge in [0.15, 0.2) is 5.96 Å². The van der Waals surface area contributed by atoms with Crippen molar-refractivity contribution in [1.82, 2.24) is 15.5 Å². The molecule has 1 amide bonds. The monoisotopic (exact) mass is 314 g/mol. The second-order valence-corrected chi connectivity index (χ2v) is 6.39. The molecule has 124 valence electrons. The Morgan fingerprint density at radius 3 is 2.74 bits per heavy atom. The van der Waals surface area contributed by atoms with E-state index in [1.807, 2.05) is 11.0 Å². The minimum atomic E-state index is 0.133. The SMILES string of the molecule is CN=C(NCC(=O)N1CCc2ccccc2C1)NC1CCCC1. The van der Waals surface area contributed by atoms with Crippen molar-refractivity contribution >= 4 is 11.9 Å². The van der Waals surface area contributed by atoms with Crippen LogP contribution in [0.5, 0.6) is 0 Å². The van der Waals surface area contributed by atoms with Crippen LogP contribution in [0.2, 0.25) is 0 Å². The van der Waals surface area contributed by atoms with Gasteiger partial charge in [-0.2, -0.15) is 0 Å². The van der Waals surface area contributed by atoms with Gasteiger partial charge in [-0.3, -0.25) is 9.79 Å². The predicted molar refractivity (Wildman–Crippen MR) is 92.3 cm³/mol. The smallest absolute Gasteiger partial charge is 0.242 e. The zero-order valence-electron chi connectivity index (χ0n) is 13.8. The first kappa shape index (κ1) is 15.8. The second-order valence-electron chi connectivity index (χ2n) is 6.39. The van der Waals surface area contributed by atoms with E-state index in [-0.39, 0.29) is 5.91 Å². The molecular weight excluding hydrogens is 288 g/mol. The summed E-state index contributed by atoms with van der Waals surface area (Å²) < 4.78 is 0. The molecule has 2 N–H and O–H groups in total. The lowest BCUT2D eigenvalue weighted by molar-refractivity contribution is -0.130. The number of benzene rings is 1. The summed E-state index contributed by atoms with van der Waals surface area (Å²) in [5, 5.41) is 6.57. The minimum absolute atomic E-state index is 0.133. The van der Waals surface area contributed by atoms with Crippen LogP contribution < -0.4 is 10.6 Å². The summed E-state index contributed by atoms with van der Waals surface area (Å²) in [6, 6.07) is 8.87. The van der Waals surface area contributed by atoms with Crippen LogP contribution in [-0.4, -0.2) is 42.9 Å². The summed E-state index contributed by atoms with van der Waals surface area (Å²) in [7, 11) is 1.76. The van der Waals surface area contributed by atoms with Crippen LogP contribution >= 0.6 is 0 Å². The molecule has 1 fully saturated rings. The summed E-state index contributed by atoms with van der Waals surface area (Å²) in [6.45, 7) is 1.81. The van der Waals surface area contributed by atoms with Crippen LogP contribution in [0.3, 0.4) is 0 Å². The lowest BCUT2D eigenvalue weighted by Gasteiger charge is -2.29. The topological polar surface area (TPSA) is 56.7 Å². The summed E-state index contributed by atoms with van der Waals surface area (Å²) in [4.78, 5) is 18.6. The number of carbonyl (C=O) groups excluding carboxylic acids is 1. The van der Waals surface area contributed by atoms with E-state index in [2.05, 4.69) is 33.8 Å². The van der Waals surface area contributed by atoms with Gasteiger partial charge in [-0.1, -0.05) is 37.1 Å². The Bertz CT molecular complexity index is 578. The number of hydrogen-bond acceptors (Lipinski definition) is 2. The van der Waals surface area contributed by atoms with Crippen molar-refractivity contribution in [2.75, 3.05) is 20.1 Å². The highest BCUT2D eigenvalue weighted by Gasteiger charge is 2.21. The molecule has 1 aromatic rings. The maximum Gasteiger partial charge on any atom is 0.242 e. The first-order valence-corrected chi connectivity index (χ1v) is 8.58. The van der Waals surface area contributed by atoms with Gasteiger partial charge in [0.05, 0.1) is 6.54 Å². The van der Waals surface area contributed by atoms with Crippen LogP contribution in [0.4, 0.5) is 0 Å². The molecule has 1 aliphatic heterocycles. The summed E-state index contributed by atoms with van der Waals surface area (Å²) >= 11 is 0. The number of aliphatic imine (C=N–C) groups is 1. The highest BCUT2D eigenvalue weighted by atomic mass is 16.2. The van der Waals surface area contributed by atoms with E-state index in [9.17, 15) is 4.79 Å². The van der Waals surface area contributed by atoms with Gasteiger partial charge in [-0.15, -0.1) is 0 Å². The largest absolute Gasteiger partial charge is 0.354 e. The van der Waals surface area contributed by atoms with Gasteiger partial charge in [0.2, 0.25) is 5.91 Å². The fourth-order valence-corrected chi connectivity index (χ4v) is 3.44. The van der Waals surface area contributed by atoms with Crippen molar-refractivity contribution in [3.8, 4) is 0 Å². The van der Waals surface area contributed by atoms with Gasteiger partial charge >= 0.3 is 0 Å². The molecule has 2 aliphatic rings. The third kappa shape index (κ3) is 4.03. The lowest BCUT2D eigenvalue weighted by Crippen LogP contribution is -2.47. The first-order chi connectivity index (χ1) is 11.3. The summed E-state index contributed by atoms with van der Waals surface area (Å²) in [6.07, 6.45) is 5.88. The molecule has 1 aliphatic carbocycles. The van der Waals surface area contributed by atoms with E-state index in [0.29, 0.717) is 19.1 Å². The zero-order chi connectivity index (χ0) is 16.1. The fourth-order valence-electron chi connectivity index (χ4n) is 3.44. The van der Waals surface area contributed by atoms with Gasteiger partial charge in [0.25, 0.3) is 0 Å². The van der Waals surface area contributed by atoms with Gasteiger partial charge in [0.1, 0.15) is 0 Å². The molecule has 0 aromatic heterocycles. The van der Waals surface area contributed by atoms with Gasteiger partial charge in [-0.25, -0.2) is 0 Å². The van der Waals surface area contributed by atoms with Crippen LogP contribution in [0.15, 0.2) is 29.3 Å². The van der Waals surface area contributed by atoms with Crippen LogP contribution in [0, 0.1) is 0 Å². The average molecular weight is 314 g/mol. The lowest BCUT2D eigenvalue weighted by atomic mass is 10.00. The molecule has 0 saturated heterocycles. The van der Waals surface area contributed by atoms with Crippen molar-refractivity contribution in [3.63, 3.8) is 0 Å². The molecule has 5 heteroatoms. The van der Waals surface area contributed by atoms with Gasteiger partial charge in [-0.05, 0) is 30.4 Å². The number of rotatable bonds is 3. The number of nitrogens with one attached hydrogen (secondary N) is 2. The van der Waals surface area contributed by atoms with Crippen molar-refractivity contribution in [3.05, 3.63) is 35.4 Å². The molecule has 23 heavy (non-hydrogen) atoms. The van der Waals surface area contributed by atoms with Crippen LogP contribution in [-0.2, 0) is 17.8 Å². The maximum atomic E-state index is 12.4. The van der Waals surface area contributed by atoms with E-state index in [1.165, 1.54) is 36.8 Å². The number of amides is 1. The molecule has 0 spiro atoms. The highest BCUT2D eigenvalue weighted by Crippen LogP contribution is 2.18. The Morgan fingerprint density at radius 1 is 1.26 bits per heavy atom. The number of nitrogens with zero attached hydrogens (tertiary/aromatic N) is 2. The molecule has 5 nitrogen and oxygen atoms in total. The average Bonchev–Trinajstić information content (AvgIpc) is 3.11. The van der Waals surface area contributed by atoms with E-state index in [0.717, 1.165) is 18.9 Å². The first-order valence-electron chi connectivity index (χ1n) is 8.58. The van der Waals surface area contributed by atoms with E-state index in [1.54, 1.807) is 7.05 Å². The molecular formula is C18H26N4O. The molecule has 0 atom stereocenters. The fraction of sp³-hybridized carbons (Fsp3) is 0.556. The van der Waals surface area contributed by atoms with Crippen molar-refractivity contribution in [2.24, 2.45) is 4.99 Å². The molecule has 3 rings (SSSR count). The van der Waals surface area contributed by atoms with Crippen molar-refractivity contribution in [2.45, 2.75) is 44.7 Å². The Kier molecular flexibility index (Phi) is 5.16. The Balaban J connectivity index is 1.49. The Morgan fingerprint density at radius 2 is 2.00 bits per heavy atom. The summed E-state index contributed by atoms with van der Waals surface area (Å²) in [5.74, 6) is 0.872. The maximum absolute atomic E-state index is 12.4. The van der Waals surface area contributed by atoms with Gasteiger partial charge < -0.3 is 15.5 Å². The number of fused-ring (bicyclic) bond motifs is 1. The van der Waals surface area contributed by atoms with Gasteiger partial charge in [0, 0.05) is 26.2 Å². The number of guanidine groups is 1. The number of hydrogen-bond donors (Lipinski definition) is 2. The summed E-state index contributed by atoms with van der Waals surface area (Å²) in [5.41, 5.74) is 2.63. The normalized spacial score (nSPS) is 18.7. The van der Waals surface area contributed by atoms with E-state index >= 15 is 0 Å². The molecule has 0 radical (unpaired) electrons. The Labute approximate surface area is 138 Å². The molecule has 0 bridgehead atoms. The predicted octanol–water partition coefficient (Wildman–Crippen LogP) is 1.68. The zero-order valence-corrected chi connectivity index (χ0v) is 13.8. The van der Waals surface area contributed by atoms with E-state index in [4.69, 9.17) is 0 Å². The molecule has 1 saturated carbocycles. The minimum Gasteiger partial charge on any atom is -0.354 e. The third-order valence-electron chi connectivity index (χ3n) is 4.81. The van der Waals surface area contributed by atoms with Crippen molar-refractivity contribution in [1.29, 1.82) is 0 Å². The van der Waals surface area contributed by atoms with Crippen LogP contribution in [0.25, 0.3) is 0 Å². The van der Waals surface area contributed by atoms with Crippen LogP contribution in [0.1, 0.15) is 36.8 Å². The second kappa shape index (κ2) is 7.49. The third-order valence-corrected chi connectivity index (χ3v) is 4.81. The Hall–Kier alpha value is -2.04. The van der Waals surface area contributed by atoms with E-state index < -0.39 is 0 Å².